The van der Waals surface area contributed by atoms with Crippen molar-refractivity contribution in [2.75, 3.05) is 0 Å². The second-order valence-corrected chi connectivity index (χ2v) is 10.6. The molecule has 11 heteroatoms. The maximum Gasteiger partial charge on any atom is 0.146 e. The van der Waals surface area contributed by atoms with Crippen LogP contribution in [-0.2, 0) is 0 Å². The number of benzene rings is 4. The lowest BCUT2D eigenvalue weighted by Gasteiger charge is -2.12. The summed E-state index contributed by atoms with van der Waals surface area (Å²) in [6, 6.07) is 27.8. The van der Waals surface area contributed by atoms with Crippen LogP contribution in [0.5, 0.6) is 17.2 Å². The van der Waals surface area contributed by atoms with E-state index in [4.69, 9.17) is 38.3 Å². The zero-order valence-electron chi connectivity index (χ0n) is 25.1. The number of phenolic OH excluding ortho intramolecular Hbond substituents is 1. The molecular formula is C36H25Cl2FN6O2. The fourth-order valence-electron chi connectivity index (χ4n) is 4.12. The first-order chi connectivity index (χ1) is 22.7. The Hall–Kier alpha value is -5.87. The van der Waals surface area contributed by atoms with Crippen LogP contribution in [0.4, 0.5) is 4.39 Å². The van der Waals surface area contributed by atoms with Gasteiger partial charge in [0, 0.05) is 23.5 Å². The van der Waals surface area contributed by atoms with Gasteiger partial charge in [0.05, 0.1) is 27.0 Å². The number of aromatic nitrogens is 4. The average Bonchev–Trinajstić information content (AvgIpc) is 3.09. The van der Waals surface area contributed by atoms with E-state index < -0.39 is 5.82 Å². The lowest BCUT2D eigenvalue weighted by molar-refractivity contribution is 0.475. The Kier molecular flexibility index (Phi) is 11.9. The number of ether oxygens (including phenoxy) is 1. The molecule has 0 atom stereocenters. The Labute approximate surface area is 281 Å². The van der Waals surface area contributed by atoms with Gasteiger partial charge in [-0.05, 0) is 73.5 Å². The highest BCUT2D eigenvalue weighted by Gasteiger charge is 2.14. The molecule has 4 aromatic carbocycles. The van der Waals surface area contributed by atoms with E-state index in [1.165, 1.54) is 18.7 Å². The molecule has 6 aromatic rings. The van der Waals surface area contributed by atoms with Gasteiger partial charge in [-0.25, -0.2) is 24.3 Å². The summed E-state index contributed by atoms with van der Waals surface area (Å²) in [5.74, 6) is 0.554. The lowest BCUT2D eigenvalue weighted by atomic mass is 10.0. The molecule has 6 rings (SSSR count). The van der Waals surface area contributed by atoms with Crippen molar-refractivity contribution in [2.24, 2.45) is 0 Å². The molecule has 0 fully saturated rings. The summed E-state index contributed by atoms with van der Waals surface area (Å²) in [6.07, 6.45) is 5.99. The van der Waals surface area contributed by atoms with Gasteiger partial charge >= 0.3 is 0 Å². The van der Waals surface area contributed by atoms with Gasteiger partial charge < -0.3 is 9.84 Å². The van der Waals surface area contributed by atoms with Crippen molar-refractivity contribution < 1.29 is 14.2 Å². The second-order valence-electron chi connectivity index (χ2n) is 9.74. The number of hydrogen-bond donors (Lipinski definition) is 1. The Bertz CT molecular complexity index is 2070. The van der Waals surface area contributed by atoms with E-state index in [1.54, 1.807) is 67.0 Å². The van der Waals surface area contributed by atoms with Gasteiger partial charge in [0.1, 0.15) is 53.4 Å². The molecule has 8 nitrogen and oxygen atoms in total. The summed E-state index contributed by atoms with van der Waals surface area (Å²) in [6.45, 7) is 3.87. The number of rotatable bonds is 4. The molecule has 0 bridgehead atoms. The van der Waals surface area contributed by atoms with Gasteiger partial charge in [0.2, 0.25) is 0 Å². The third-order valence-electron chi connectivity index (χ3n) is 6.39. The number of hydrogen-bond acceptors (Lipinski definition) is 8. The molecule has 0 aliphatic heterocycles. The molecule has 232 valence electrons. The molecule has 0 amide bonds. The Morgan fingerprint density at radius 3 is 1.74 bits per heavy atom. The van der Waals surface area contributed by atoms with E-state index in [9.17, 15) is 9.65 Å². The van der Waals surface area contributed by atoms with Gasteiger partial charge in [0.15, 0.2) is 0 Å². The van der Waals surface area contributed by atoms with Crippen molar-refractivity contribution in [3.8, 4) is 51.9 Å². The van der Waals surface area contributed by atoms with Crippen LogP contribution in [0.15, 0.2) is 110 Å². The van der Waals surface area contributed by atoms with E-state index in [0.717, 1.165) is 11.1 Å². The first-order valence-corrected chi connectivity index (χ1v) is 14.6. The molecule has 0 aliphatic rings. The fourth-order valence-corrected chi connectivity index (χ4v) is 4.62. The summed E-state index contributed by atoms with van der Waals surface area (Å²) in [5, 5.41) is 28.2. The number of nitrogens with zero attached hydrogens (tertiary/aromatic N) is 6. The minimum absolute atomic E-state index is 0.0104. The summed E-state index contributed by atoms with van der Waals surface area (Å²) in [7, 11) is 0. The molecule has 0 radical (unpaired) electrons. The van der Waals surface area contributed by atoms with Crippen LogP contribution in [0.25, 0.3) is 22.5 Å². The number of aromatic hydroxyl groups is 1. The third kappa shape index (κ3) is 9.09. The molecular weight excluding hydrogens is 638 g/mol. The van der Waals surface area contributed by atoms with Crippen LogP contribution in [0.3, 0.4) is 0 Å². The van der Waals surface area contributed by atoms with Gasteiger partial charge in [-0.2, -0.15) is 10.5 Å². The average molecular weight is 664 g/mol. The number of phenols is 1. The van der Waals surface area contributed by atoms with Crippen molar-refractivity contribution in [3.63, 3.8) is 0 Å². The van der Waals surface area contributed by atoms with Gasteiger partial charge in [-0.3, -0.25) is 0 Å². The van der Waals surface area contributed by atoms with E-state index in [-0.39, 0.29) is 11.3 Å². The summed E-state index contributed by atoms with van der Waals surface area (Å²) < 4.78 is 19.1. The van der Waals surface area contributed by atoms with E-state index in [0.29, 0.717) is 49.6 Å². The van der Waals surface area contributed by atoms with E-state index >= 15 is 0 Å². The second kappa shape index (κ2) is 16.4. The zero-order chi connectivity index (χ0) is 33.8. The van der Waals surface area contributed by atoms with Crippen molar-refractivity contribution in [2.45, 2.75) is 13.8 Å². The van der Waals surface area contributed by atoms with Crippen LogP contribution in [0, 0.1) is 42.3 Å². The van der Waals surface area contributed by atoms with Gasteiger partial charge in [-0.15, -0.1) is 0 Å². The van der Waals surface area contributed by atoms with Crippen LogP contribution < -0.4 is 4.74 Å². The Morgan fingerprint density at radius 2 is 1.23 bits per heavy atom. The predicted octanol–water partition coefficient (Wildman–Crippen LogP) is 9.28. The molecule has 47 heavy (non-hydrogen) atoms. The van der Waals surface area contributed by atoms with Crippen LogP contribution >= 0.6 is 23.2 Å². The molecule has 2 aromatic heterocycles. The highest BCUT2D eigenvalue weighted by atomic mass is 35.5. The third-order valence-corrected chi connectivity index (χ3v) is 6.99. The van der Waals surface area contributed by atoms with Crippen molar-refractivity contribution in [1.29, 1.82) is 10.5 Å². The van der Waals surface area contributed by atoms with E-state index in [2.05, 4.69) is 26.0 Å². The van der Waals surface area contributed by atoms with E-state index in [1.807, 2.05) is 44.2 Å². The quantitative estimate of drug-likeness (QED) is 0.198. The molecule has 0 unspecified atom stereocenters. The number of aryl methyl sites for hydroxylation is 2. The fraction of sp³-hybridized carbons (Fsp3) is 0.0556. The molecule has 1 N–H and O–H groups in total. The summed E-state index contributed by atoms with van der Waals surface area (Å²) >= 11 is 11.8. The normalized spacial score (nSPS) is 9.85. The van der Waals surface area contributed by atoms with Crippen molar-refractivity contribution in [3.05, 3.63) is 148 Å². The highest BCUT2D eigenvalue weighted by Crippen LogP contribution is 2.35. The summed E-state index contributed by atoms with van der Waals surface area (Å²) in [4.78, 5) is 15.8. The first-order valence-electron chi connectivity index (χ1n) is 13.9. The van der Waals surface area contributed by atoms with Crippen LogP contribution in [0.2, 0.25) is 10.0 Å². The molecule has 0 aliphatic carbocycles. The van der Waals surface area contributed by atoms with Crippen molar-refractivity contribution in [1.82, 2.24) is 19.9 Å². The maximum atomic E-state index is 13.3. The largest absolute Gasteiger partial charge is 0.506 e. The number of nitriles is 2. The Balaban J connectivity index is 0.000000178. The van der Waals surface area contributed by atoms with Gasteiger partial charge in [-0.1, -0.05) is 59.6 Å². The first kappa shape index (κ1) is 34.0. The molecule has 0 spiro atoms. The smallest absolute Gasteiger partial charge is 0.146 e. The maximum absolute atomic E-state index is 13.3. The molecule has 0 saturated heterocycles. The van der Waals surface area contributed by atoms with Crippen molar-refractivity contribution >= 4 is 23.2 Å². The lowest BCUT2D eigenvalue weighted by Crippen LogP contribution is -1.94. The Morgan fingerprint density at radius 1 is 0.681 bits per heavy atom. The van der Waals surface area contributed by atoms with Crippen LogP contribution in [0.1, 0.15) is 22.3 Å². The SMILES string of the molecule is Cc1ccc(O)c(Cl)c1.Cc1ccc(Oc2cccc(-c3ccncn3)c2C#N)c(Cl)c1.N#Cc1c(F)cccc1-c1ccncn1. The molecule has 2 heterocycles. The minimum atomic E-state index is -0.534. The van der Waals surface area contributed by atoms with Gasteiger partial charge in [0.25, 0.3) is 0 Å². The highest BCUT2D eigenvalue weighted by molar-refractivity contribution is 6.32. The monoisotopic (exact) mass is 662 g/mol. The predicted molar refractivity (Wildman–Crippen MR) is 178 cm³/mol. The zero-order valence-corrected chi connectivity index (χ0v) is 26.6. The molecule has 0 saturated carbocycles. The minimum Gasteiger partial charge on any atom is -0.506 e. The number of halogens is 3. The topological polar surface area (TPSA) is 129 Å². The van der Waals surface area contributed by atoms with Crippen LogP contribution in [-0.4, -0.2) is 25.0 Å². The summed E-state index contributed by atoms with van der Waals surface area (Å²) in [5.41, 5.74) is 4.89. The standard InChI is InChI=1S/C18H12ClN3O.C11H6FN3.C7H7ClO/c1-12-5-6-18(15(19)9-12)23-17-4-2-3-13(14(17)10-20)16-7-8-21-11-22-16;12-10-3-1-2-8(9(10)6-13)11-4-5-14-7-15-11;1-5-2-3-7(9)6(8)4-5/h2-9,11H,1H3;1-5,7H;2-4,9H,1H3.